The zero-order valence-electron chi connectivity index (χ0n) is 16.5. The largest absolute Gasteiger partial charge is 1.00 e. The minimum Gasteiger partial charge on any atom is 1.00 e. The van der Waals surface area contributed by atoms with Gasteiger partial charge < -0.3 is 9.80 Å². The summed E-state index contributed by atoms with van der Waals surface area (Å²) in [6, 6.07) is 0. The summed E-state index contributed by atoms with van der Waals surface area (Å²) in [5.41, 5.74) is 0.925. The van der Waals surface area contributed by atoms with E-state index < -0.39 is 15.6 Å². The van der Waals surface area contributed by atoms with Gasteiger partial charge in [-0.15, -0.1) is 0 Å². The maximum Gasteiger partial charge on any atom is 1.00 e. The molecule has 176 valence electrons. The van der Waals surface area contributed by atoms with E-state index in [-0.39, 0.29) is 1.43 Å². The Bertz CT molecular complexity index is 548. The number of hydrogen-bond acceptors (Lipinski definition) is 2. The normalized spacial score (nSPS) is 17.4. The number of allylic oxidation sites excluding steroid dienone is 1. The molecule has 0 aromatic heterocycles. The molecule has 0 aliphatic rings. The van der Waals surface area contributed by atoms with Gasteiger partial charge in [0, 0.05) is 34.4 Å². The van der Waals surface area contributed by atoms with Crippen LogP contribution >= 0.6 is 15.6 Å². The van der Waals surface area contributed by atoms with Gasteiger partial charge in [-0.2, -0.15) is 0 Å². The summed E-state index contributed by atoms with van der Waals surface area (Å²) < 4.78 is 120. The maximum atomic E-state index is 9.87. The molecule has 0 bridgehead atoms. The van der Waals surface area contributed by atoms with E-state index >= 15 is 0 Å². The number of halogens is 12. The van der Waals surface area contributed by atoms with Gasteiger partial charge in [0.15, 0.2) is 6.21 Å². The molecule has 0 aliphatic heterocycles. The zero-order chi connectivity index (χ0) is 24.0. The van der Waals surface area contributed by atoms with Gasteiger partial charge in [0.1, 0.15) is 19.8 Å². The fourth-order valence-electron chi connectivity index (χ4n) is 0.811. The SMILES string of the molecule is CN(C)C=NC(=CN(C)C)C=[N+](C)C.F[P-](F)(F)(F)(F)F.F[P-](F)(F)(F)(F)F.[H+]. The van der Waals surface area contributed by atoms with Gasteiger partial charge >= 0.3 is 67.4 Å². The molecule has 18 heteroatoms. The van der Waals surface area contributed by atoms with E-state index in [2.05, 4.69) is 4.99 Å². The summed E-state index contributed by atoms with van der Waals surface area (Å²) in [4.78, 5) is 8.21. The molecular formula is C10H22F12N4P2. The predicted molar refractivity (Wildman–Crippen MR) is 90.4 cm³/mol. The smallest absolute Gasteiger partial charge is 1.00 e. The Hall–Kier alpha value is -1.30. The topological polar surface area (TPSA) is 21.9 Å². The monoisotopic (exact) mass is 488 g/mol. The molecule has 4 nitrogen and oxygen atoms in total. The van der Waals surface area contributed by atoms with Crippen molar-refractivity contribution in [2.24, 2.45) is 4.99 Å². The third-order valence-electron chi connectivity index (χ3n) is 1.22. The van der Waals surface area contributed by atoms with Crippen LogP contribution in [0.5, 0.6) is 0 Å². The fourth-order valence-corrected chi connectivity index (χ4v) is 0.811. The minimum absolute atomic E-state index is 0. The standard InChI is InChI=1S/C10H21N4.2F6P/c1-12(2)7-10(8-13(3)4)11-9-14(5)6;2*1-7(2,3,4,5)6/h7-9H,1-6H3;;/q+1;2*-1/p+1. The molecule has 0 N–H and O–H groups in total. The van der Waals surface area contributed by atoms with Crippen LogP contribution in [0.2, 0.25) is 0 Å². The third-order valence-corrected chi connectivity index (χ3v) is 1.22. The summed E-state index contributed by atoms with van der Waals surface area (Å²) in [5, 5.41) is 0. The predicted octanol–water partition coefficient (Wildman–Crippen LogP) is 7.20. The molecule has 0 rings (SSSR count). The zero-order valence-corrected chi connectivity index (χ0v) is 17.2. The number of nitrogens with zero attached hydrogens (tertiary/aromatic N) is 4. The van der Waals surface area contributed by atoms with E-state index in [4.69, 9.17) is 0 Å². The molecule has 0 fully saturated rings. The van der Waals surface area contributed by atoms with Crippen LogP contribution in [0.15, 0.2) is 16.9 Å². The molecule has 0 unspecified atom stereocenters. The third kappa shape index (κ3) is 101. The van der Waals surface area contributed by atoms with E-state index in [0.29, 0.717) is 0 Å². The molecule has 0 heterocycles. The summed E-state index contributed by atoms with van der Waals surface area (Å²) in [6.45, 7) is 0. The molecule has 0 amide bonds. The first-order chi connectivity index (χ1) is 11.3. The molecule has 0 spiro atoms. The molecule has 0 aromatic rings. The Balaban J connectivity index is -0.000000177. The number of hydrogen-bond donors (Lipinski definition) is 0. The first-order valence-electron chi connectivity index (χ1n) is 6.55. The first-order valence-corrected chi connectivity index (χ1v) is 10.6. The van der Waals surface area contributed by atoms with Crippen molar-refractivity contribution in [2.45, 2.75) is 0 Å². The van der Waals surface area contributed by atoms with E-state index in [0.717, 1.165) is 5.70 Å². The van der Waals surface area contributed by atoms with E-state index in [1.807, 2.05) is 69.1 Å². The Labute approximate surface area is 154 Å². The average molecular weight is 488 g/mol. The van der Waals surface area contributed by atoms with Crippen molar-refractivity contribution in [1.29, 1.82) is 0 Å². The molecule has 0 aliphatic carbocycles. The summed E-state index contributed by atoms with van der Waals surface area (Å²) in [7, 11) is -9.49. The molecule has 0 saturated heterocycles. The van der Waals surface area contributed by atoms with Gasteiger partial charge in [-0.3, -0.25) is 0 Å². The number of aliphatic imine (C=N–C) groups is 1. The van der Waals surface area contributed by atoms with Crippen molar-refractivity contribution < 1.29 is 56.4 Å². The Morgan fingerprint density at radius 3 is 1.18 bits per heavy atom. The van der Waals surface area contributed by atoms with E-state index in [1.165, 1.54) is 0 Å². The van der Waals surface area contributed by atoms with Crippen LogP contribution in [0.1, 0.15) is 1.43 Å². The van der Waals surface area contributed by atoms with Gasteiger partial charge in [0.25, 0.3) is 0 Å². The molecule has 28 heavy (non-hydrogen) atoms. The van der Waals surface area contributed by atoms with Crippen LogP contribution in [0.25, 0.3) is 0 Å². The van der Waals surface area contributed by atoms with Crippen LogP contribution < -0.4 is 0 Å². The van der Waals surface area contributed by atoms with Crippen LogP contribution in [0.3, 0.4) is 0 Å². The van der Waals surface area contributed by atoms with Crippen LogP contribution in [0, 0.1) is 0 Å². The Morgan fingerprint density at radius 1 is 0.714 bits per heavy atom. The van der Waals surface area contributed by atoms with Gasteiger partial charge in [-0.25, -0.2) is 9.57 Å². The molecule has 0 saturated carbocycles. The van der Waals surface area contributed by atoms with Crippen molar-refractivity contribution >= 4 is 28.2 Å². The maximum absolute atomic E-state index is 10.7. The van der Waals surface area contributed by atoms with Crippen LogP contribution in [-0.2, 0) is 0 Å². The van der Waals surface area contributed by atoms with Crippen molar-refractivity contribution in [3.05, 3.63) is 11.9 Å². The number of rotatable bonds is 4. The van der Waals surface area contributed by atoms with Crippen molar-refractivity contribution in [1.82, 2.24) is 9.80 Å². The second-order valence-electron chi connectivity index (χ2n) is 5.74. The van der Waals surface area contributed by atoms with Gasteiger partial charge in [-0.1, -0.05) is 0 Å². The van der Waals surface area contributed by atoms with E-state index in [9.17, 15) is 50.4 Å². The quantitative estimate of drug-likeness (QED) is 0.137. The summed E-state index contributed by atoms with van der Waals surface area (Å²) in [5.74, 6) is 0. The second kappa shape index (κ2) is 7.85. The minimum atomic E-state index is -10.7. The summed E-state index contributed by atoms with van der Waals surface area (Å²) in [6.07, 6.45) is 5.73. The van der Waals surface area contributed by atoms with Gasteiger partial charge in [0.2, 0.25) is 0 Å². The molecule has 0 aromatic carbocycles. The molecular weight excluding hydrogens is 466 g/mol. The Kier molecular flexibility index (Phi) is 8.80. The van der Waals surface area contributed by atoms with Crippen LogP contribution in [0.4, 0.5) is 50.4 Å². The molecule has 0 radical (unpaired) electrons. The van der Waals surface area contributed by atoms with Gasteiger partial charge in [0.05, 0.1) is 6.34 Å². The van der Waals surface area contributed by atoms with Crippen molar-refractivity contribution in [2.75, 3.05) is 42.3 Å². The Morgan fingerprint density at radius 2 is 1.00 bits per heavy atom. The van der Waals surface area contributed by atoms with Gasteiger partial charge in [-0.05, 0) is 0 Å². The van der Waals surface area contributed by atoms with Crippen LogP contribution in [-0.4, -0.2) is 69.2 Å². The fraction of sp³-hybridized carbons (Fsp3) is 0.600. The first kappa shape index (κ1) is 31.4. The molecule has 0 atom stereocenters. The second-order valence-corrected chi connectivity index (χ2v) is 9.57. The van der Waals surface area contributed by atoms with Crippen molar-refractivity contribution in [3.8, 4) is 0 Å². The average Bonchev–Trinajstić information content (AvgIpc) is 2.14. The van der Waals surface area contributed by atoms with E-state index in [1.54, 1.807) is 6.34 Å². The summed E-state index contributed by atoms with van der Waals surface area (Å²) >= 11 is 0. The van der Waals surface area contributed by atoms with Crippen molar-refractivity contribution in [3.63, 3.8) is 0 Å².